The third-order valence-corrected chi connectivity index (χ3v) is 11.2. The van der Waals surface area contributed by atoms with Crippen molar-refractivity contribution in [2.24, 2.45) is 28.1 Å². The standard InChI is InChI=1S/C29H42O2/c1-19-20-11-12-24-27(3,21(20)18-22(30-6)25(19)31-7)15-17-28(4)23-10-8-9-13-26(23,2)14-16-29(24,28)5/h8,10,18,23-24H,9,11-17H2,1-7H3/t23-,24+,26-,27+,28+,29-/m1/s1. The molecule has 0 saturated heterocycles. The zero-order valence-electron chi connectivity index (χ0n) is 20.9. The van der Waals surface area contributed by atoms with E-state index in [1.54, 1.807) is 19.8 Å². The van der Waals surface area contributed by atoms with Crippen LogP contribution in [0.5, 0.6) is 11.5 Å². The van der Waals surface area contributed by atoms with Gasteiger partial charge in [0.1, 0.15) is 0 Å². The molecule has 0 bridgehead atoms. The van der Waals surface area contributed by atoms with Gasteiger partial charge in [0, 0.05) is 0 Å². The van der Waals surface area contributed by atoms with Crippen LogP contribution in [0.1, 0.15) is 89.3 Å². The van der Waals surface area contributed by atoms with E-state index in [0.717, 1.165) is 23.3 Å². The lowest BCUT2D eigenvalue weighted by Gasteiger charge is -2.70. The number of hydrogen-bond donors (Lipinski definition) is 0. The quantitative estimate of drug-likeness (QED) is 0.462. The van der Waals surface area contributed by atoms with Gasteiger partial charge in [0.05, 0.1) is 14.2 Å². The Kier molecular flexibility index (Phi) is 4.68. The predicted molar refractivity (Wildman–Crippen MR) is 128 cm³/mol. The fourth-order valence-corrected chi connectivity index (χ4v) is 9.18. The summed E-state index contributed by atoms with van der Waals surface area (Å²) < 4.78 is 11.6. The molecule has 0 unspecified atom stereocenters. The molecular formula is C29H42O2. The summed E-state index contributed by atoms with van der Waals surface area (Å²) >= 11 is 0. The molecule has 0 radical (unpaired) electrons. The molecule has 0 heterocycles. The van der Waals surface area contributed by atoms with Crippen molar-refractivity contribution in [1.82, 2.24) is 0 Å². The molecular weight excluding hydrogens is 380 g/mol. The van der Waals surface area contributed by atoms with Gasteiger partial charge in [-0.3, -0.25) is 0 Å². The zero-order valence-corrected chi connectivity index (χ0v) is 20.9. The average Bonchev–Trinajstić information content (AvgIpc) is 2.75. The van der Waals surface area contributed by atoms with Crippen LogP contribution >= 0.6 is 0 Å². The van der Waals surface area contributed by atoms with Crippen LogP contribution in [0.15, 0.2) is 18.2 Å². The summed E-state index contributed by atoms with van der Waals surface area (Å²) in [5.41, 5.74) is 5.86. The van der Waals surface area contributed by atoms with Crippen molar-refractivity contribution < 1.29 is 9.47 Å². The first-order valence-electron chi connectivity index (χ1n) is 12.6. The molecule has 5 rings (SSSR count). The highest BCUT2D eigenvalue weighted by molar-refractivity contribution is 5.57. The highest BCUT2D eigenvalue weighted by atomic mass is 16.5. The van der Waals surface area contributed by atoms with E-state index in [9.17, 15) is 0 Å². The summed E-state index contributed by atoms with van der Waals surface area (Å²) in [6.07, 6.45) is 15.6. The zero-order chi connectivity index (χ0) is 22.2. The minimum Gasteiger partial charge on any atom is -0.493 e. The molecule has 2 fully saturated rings. The second-order valence-electron chi connectivity index (χ2n) is 12.2. The van der Waals surface area contributed by atoms with Crippen LogP contribution in [0.2, 0.25) is 0 Å². The lowest BCUT2D eigenvalue weighted by Crippen LogP contribution is -2.63. The molecule has 4 aliphatic rings. The van der Waals surface area contributed by atoms with Gasteiger partial charge in [0.25, 0.3) is 0 Å². The van der Waals surface area contributed by atoms with Crippen LogP contribution in [-0.2, 0) is 11.8 Å². The van der Waals surface area contributed by atoms with Crippen LogP contribution in [0.25, 0.3) is 0 Å². The van der Waals surface area contributed by atoms with Crippen molar-refractivity contribution >= 4 is 0 Å². The third-order valence-electron chi connectivity index (χ3n) is 11.2. The second kappa shape index (κ2) is 6.78. The number of methoxy groups -OCH3 is 2. The van der Waals surface area contributed by atoms with E-state index in [2.05, 4.69) is 52.8 Å². The largest absolute Gasteiger partial charge is 0.493 e. The van der Waals surface area contributed by atoms with Gasteiger partial charge >= 0.3 is 0 Å². The van der Waals surface area contributed by atoms with Crippen LogP contribution in [0.4, 0.5) is 0 Å². The second-order valence-corrected chi connectivity index (χ2v) is 12.2. The van der Waals surface area contributed by atoms with E-state index in [4.69, 9.17) is 9.47 Å². The topological polar surface area (TPSA) is 18.5 Å². The monoisotopic (exact) mass is 422 g/mol. The molecule has 0 aromatic heterocycles. The van der Waals surface area contributed by atoms with Crippen LogP contribution in [0.3, 0.4) is 0 Å². The van der Waals surface area contributed by atoms with Crippen molar-refractivity contribution in [3.63, 3.8) is 0 Å². The molecule has 2 saturated carbocycles. The molecule has 0 spiro atoms. The molecule has 31 heavy (non-hydrogen) atoms. The number of benzene rings is 1. The van der Waals surface area contributed by atoms with Gasteiger partial charge in [-0.05, 0) is 115 Å². The maximum atomic E-state index is 5.81. The number of fused-ring (bicyclic) bond motifs is 7. The fraction of sp³-hybridized carbons (Fsp3) is 0.724. The van der Waals surface area contributed by atoms with Gasteiger partial charge in [-0.15, -0.1) is 0 Å². The van der Waals surface area contributed by atoms with Gasteiger partial charge in [-0.2, -0.15) is 0 Å². The summed E-state index contributed by atoms with van der Waals surface area (Å²) in [5, 5.41) is 0. The Balaban J connectivity index is 1.63. The molecule has 0 amide bonds. The lowest BCUT2D eigenvalue weighted by atomic mass is 9.34. The van der Waals surface area contributed by atoms with Crippen molar-refractivity contribution in [3.05, 3.63) is 34.9 Å². The normalized spacial score (nSPS) is 43.3. The minimum absolute atomic E-state index is 0.221. The summed E-state index contributed by atoms with van der Waals surface area (Å²) in [6, 6.07) is 2.34. The maximum Gasteiger partial charge on any atom is 0.163 e. The van der Waals surface area contributed by atoms with Gasteiger partial charge in [0.2, 0.25) is 0 Å². The van der Waals surface area contributed by atoms with E-state index < -0.39 is 0 Å². The molecule has 2 nitrogen and oxygen atoms in total. The fourth-order valence-electron chi connectivity index (χ4n) is 9.18. The SMILES string of the molecule is COc1cc2c(c(C)c1OC)CC[C@H]1[C@@]2(C)CC[C@@]2(C)[C@@H]3C=CCC[C@]3(C)CC[C@]12C. The Morgan fingerprint density at radius 2 is 1.65 bits per heavy atom. The molecule has 6 atom stereocenters. The van der Waals surface area contributed by atoms with Gasteiger partial charge < -0.3 is 9.47 Å². The predicted octanol–water partition coefficient (Wildman–Crippen LogP) is 7.41. The van der Waals surface area contributed by atoms with Crippen LogP contribution < -0.4 is 9.47 Å². The smallest absolute Gasteiger partial charge is 0.163 e. The van der Waals surface area contributed by atoms with Crippen molar-refractivity contribution in [2.45, 2.75) is 91.4 Å². The number of hydrogen-bond acceptors (Lipinski definition) is 2. The number of ether oxygens (including phenoxy) is 2. The maximum absolute atomic E-state index is 5.81. The first-order valence-corrected chi connectivity index (χ1v) is 12.6. The molecule has 1 aromatic rings. The number of allylic oxidation sites excluding steroid dienone is 2. The van der Waals surface area contributed by atoms with Crippen molar-refractivity contribution in [3.8, 4) is 11.5 Å². The summed E-state index contributed by atoms with van der Waals surface area (Å²) in [4.78, 5) is 0. The average molecular weight is 423 g/mol. The summed E-state index contributed by atoms with van der Waals surface area (Å²) in [5.74, 6) is 3.29. The third kappa shape index (κ3) is 2.57. The van der Waals surface area contributed by atoms with E-state index in [1.165, 1.54) is 62.5 Å². The lowest BCUT2D eigenvalue weighted by molar-refractivity contribution is -0.177. The highest BCUT2D eigenvalue weighted by Gasteiger charge is 2.66. The van der Waals surface area contributed by atoms with E-state index in [1.807, 2.05) is 0 Å². The molecule has 1 aromatic carbocycles. The highest BCUT2D eigenvalue weighted by Crippen LogP contribution is 2.73. The van der Waals surface area contributed by atoms with Crippen molar-refractivity contribution in [1.29, 1.82) is 0 Å². The summed E-state index contributed by atoms with van der Waals surface area (Å²) in [6.45, 7) is 12.7. The molecule has 4 aliphatic carbocycles. The van der Waals surface area contributed by atoms with Gasteiger partial charge in [-0.25, -0.2) is 0 Å². The molecule has 2 heteroatoms. The van der Waals surface area contributed by atoms with Crippen LogP contribution in [0, 0.1) is 35.0 Å². The minimum atomic E-state index is 0.221. The Morgan fingerprint density at radius 3 is 2.35 bits per heavy atom. The van der Waals surface area contributed by atoms with Crippen LogP contribution in [-0.4, -0.2) is 14.2 Å². The first-order chi connectivity index (χ1) is 14.6. The Labute approximate surface area is 189 Å². The van der Waals surface area contributed by atoms with Gasteiger partial charge in [-0.1, -0.05) is 39.8 Å². The Hall–Kier alpha value is -1.44. The molecule has 0 N–H and O–H groups in total. The first kappa shape index (κ1) is 21.4. The number of rotatable bonds is 2. The van der Waals surface area contributed by atoms with Gasteiger partial charge in [0.15, 0.2) is 11.5 Å². The van der Waals surface area contributed by atoms with E-state index in [0.29, 0.717) is 16.2 Å². The molecule has 170 valence electrons. The van der Waals surface area contributed by atoms with Crippen molar-refractivity contribution in [2.75, 3.05) is 14.2 Å². The molecule has 0 aliphatic heterocycles. The Morgan fingerprint density at radius 1 is 0.903 bits per heavy atom. The van der Waals surface area contributed by atoms with E-state index >= 15 is 0 Å². The summed E-state index contributed by atoms with van der Waals surface area (Å²) in [7, 11) is 3.55. The Bertz CT molecular complexity index is 931. The van der Waals surface area contributed by atoms with E-state index in [-0.39, 0.29) is 5.41 Å².